The molecule has 1 saturated heterocycles. The lowest BCUT2D eigenvalue weighted by molar-refractivity contribution is 0.409. The van der Waals surface area contributed by atoms with Gasteiger partial charge in [0.2, 0.25) is 0 Å². The van der Waals surface area contributed by atoms with E-state index >= 15 is 0 Å². The molecule has 3 nitrogen and oxygen atoms in total. The third-order valence-electron chi connectivity index (χ3n) is 2.88. The number of hydrogen-bond acceptors (Lipinski definition) is 3. The molecule has 0 aromatic heterocycles. The van der Waals surface area contributed by atoms with E-state index in [-0.39, 0.29) is 0 Å². The van der Waals surface area contributed by atoms with Gasteiger partial charge in [0.05, 0.1) is 6.07 Å². The number of halogens is 1. The van der Waals surface area contributed by atoms with Crippen LogP contribution < -0.4 is 10.6 Å². The van der Waals surface area contributed by atoms with Gasteiger partial charge >= 0.3 is 0 Å². The Balaban J connectivity index is 2.15. The Hall–Kier alpha value is -1.24. The second-order valence-electron chi connectivity index (χ2n) is 4.08. The topological polar surface area (TPSA) is 47.9 Å². The van der Waals surface area contributed by atoms with Crippen LogP contribution in [0.4, 0.5) is 5.69 Å². The minimum Gasteiger partial charge on any atom is -0.367 e. The number of rotatable bonds is 2. The molecule has 0 saturated carbocycles. The molecular formula is C12H14ClN3. The number of benzene rings is 1. The minimum absolute atomic E-state index is 0.448. The predicted molar refractivity (Wildman–Crippen MR) is 65.5 cm³/mol. The average molecular weight is 236 g/mol. The van der Waals surface area contributed by atoms with Gasteiger partial charge in [0.1, 0.15) is 5.54 Å². The highest BCUT2D eigenvalue weighted by atomic mass is 35.5. The molecule has 2 rings (SSSR count). The molecule has 0 unspecified atom stereocenters. The summed E-state index contributed by atoms with van der Waals surface area (Å²) < 4.78 is 0. The van der Waals surface area contributed by atoms with Crippen molar-refractivity contribution in [2.45, 2.75) is 18.4 Å². The van der Waals surface area contributed by atoms with E-state index in [1.165, 1.54) is 0 Å². The van der Waals surface area contributed by atoms with Crippen LogP contribution in [0.5, 0.6) is 0 Å². The van der Waals surface area contributed by atoms with Crippen LogP contribution in [0.25, 0.3) is 0 Å². The second-order valence-corrected chi connectivity index (χ2v) is 4.52. The van der Waals surface area contributed by atoms with Crippen molar-refractivity contribution in [3.8, 4) is 6.07 Å². The van der Waals surface area contributed by atoms with Crippen molar-refractivity contribution in [3.63, 3.8) is 0 Å². The van der Waals surface area contributed by atoms with Gasteiger partial charge in [-0.05, 0) is 44.1 Å². The van der Waals surface area contributed by atoms with E-state index in [4.69, 9.17) is 11.6 Å². The first-order valence-corrected chi connectivity index (χ1v) is 5.78. The first-order valence-electron chi connectivity index (χ1n) is 5.40. The molecule has 1 aliphatic heterocycles. The molecule has 1 aromatic carbocycles. The maximum atomic E-state index is 9.30. The van der Waals surface area contributed by atoms with E-state index in [0.29, 0.717) is 5.02 Å². The van der Waals surface area contributed by atoms with Crippen molar-refractivity contribution in [1.29, 1.82) is 5.26 Å². The molecular weight excluding hydrogens is 222 g/mol. The van der Waals surface area contributed by atoms with Gasteiger partial charge in [0.15, 0.2) is 0 Å². The Morgan fingerprint density at radius 3 is 2.75 bits per heavy atom. The third-order valence-corrected chi connectivity index (χ3v) is 3.11. The van der Waals surface area contributed by atoms with Gasteiger partial charge in [-0.1, -0.05) is 17.7 Å². The first kappa shape index (κ1) is 11.3. The molecule has 0 bridgehead atoms. The quantitative estimate of drug-likeness (QED) is 0.828. The van der Waals surface area contributed by atoms with Crippen LogP contribution in [0.15, 0.2) is 24.3 Å². The Bertz CT molecular complexity index is 405. The van der Waals surface area contributed by atoms with Gasteiger partial charge in [-0.2, -0.15) is 5.26 Å². The Labute approximate surface area is 100 Å². The van der Waals surface area contributed by atoms with Crippen LogP contribution in [0.2, 0.25) is 5.02 Å². The van der Waals surface area contributed by atoms with Gasteiger partial charge < -0.3 is 10.6 Å². The lowest BCUT2D eigenvalue weighted by Crippen LogP contribution is -2.46. The molecule has 1 aliphatic rings. The van der Waals surface area contributed by atoms with Gasteiger partial charge in [-0.3, -0.25) is 0 Å². The highest BCUT2D eigenvalue weighted by Gasteiger charge is 2.31. The summed E-state index contributed by atoms with van der Waals surface area (Å²) in [6.45, 7) is 1.75. The fraction of sp³-hybridized carbons (Fsp3) is 0.417. The van der Waals surface area contributed by atoms with Crippen molar-refractivity contribution in [2.75, 3.05) is 18.4 Å². The van der Waals surface area contributed by atoms with Crippen molar-refractivity contribution in [3.05, 3.63) is 29.3 Å². The summed E-state index contributed by atoms with van der Waals surface area (Å²) in [6.07, 6.45) is 1.63. The van der Waals surface area contributed by atoms with Gasteiger partial charge in [-0.25, -0.2) is 0 Å². The summed E-state index contributed by atoms with van der Waals surface area (Å²) in [4.78, 5) is 0. The van der Waals surface area contributed by atoms with Crippen LogP contribution in [-0.2, 0) is 0 Å². The van der Waals surface area contributed by atoms with E-state index in [9.17, 15) is 5.26 Å². The predicted octanol–water partition coefficient (Wildman–Crippen LogP) is 2.40. The molecule has 2 N–H and O–H groups in total. The van der Waals surface area contributed by atoms with Gasteiger partial charge in [0.25, 0.3) is 0 Å². The zero-order valence-corrected chi connectivity index (χ0v) is 9.72. The smallest absolute Gasteiger partial charge is 0.127 e. The Kier molecular flexibility index (Phi) is 3.33. The highest BCUT2D eigenvalue weighted by molar-refractivity contribution is 6.30. The normalized spacial score (nSPS) is 18.8. The van der Waals surface area contributed by atoms with E-state index in [2.05, 4.69) is 16.7 Å². The number of anilines is 1. The van der Waals surface area contributed by atoms with Crippen molar-refractivity contribution < 1.29 is 0 Å². The summed E-state index contributed by atoms with van der Waals surface area (Å²) in [5.41, 5.74) is 0.464. The summed E-state index contributed by atoms with van der Waals surface area (Å²) >= 11 is 5.92. The van der Waals surface area contributed by atoms with Gasteiger partial charge in [-0.15, -0.1) is 0 Å². The van der Waals surface area contributed by atoms with Crippen LogP contribution >= 0.6 is 11.6 Å². The first-order chi connectivity index (χ1) is 7.74. The van der Waals surface area contributed by atoms with E-state index < -0.39 is 5.54 Å². The average Bonchev–Trinajstić information content (AvgIpc) is 2.30. The number of piperidine rings is 1. The zero-order valence-electron chi connectivity index (χ0n) is 8.96. The number of nitriles is 1. The van der Waals surface area contributed by atoms with Gasteiger partial charge in [0, 0.05) is 10.7 Å². The number of hydrogen-bond donors (Lipinski definition) is 2. The Morgan fingerprint density at radius 2 is 2.12 bits per heavy atom. The molecule has 0 aliphatic carbocycles. The standard InChI is InChI=1S/C12H14ClN3/c13-10-2-1-3-11(8-10)16-12(9-14)4-6-15-7-5-12/h1-3,8,15-16H,4-7H2. The molecule has 0 radical (unpaired) electrons. The van der Waals surface area contributed by atoms with Crippen molar-refractivity contribution in [2.24, 2.45) is 0 Å². The SMILES string of the molecule is N#CC1(Nc2cccc(Cl)c2)CCNCC1. The summed E-state index contributed by atoms with van der Waals surface area (Å²) in [6, 6.07) is 9.89. The Morgan fingerprint density at radius 1 is 1.38 bits per heavy atom. The van der Waals surface area contributed by atoms with Crippen LogP contribution in [-0.4, -0.2) is 18.6 Å². The van der Waals surface area contributed by atoms with Crippen molar-refractivity contribution >= 4 is 17.3 Å². The largest absolute Gasteiger partial charge is 0.367 e. The maximum absolute atomic E-state index is 9.30. The van der Waals surface area contributed by atoms with Crippen molar-refractivity contribution in [1.82, 2.24) is 5.32 Å². The zero-order chi connectivity index (χ0) is 11.4. The monoisotopic (exact) mass is 235 g/mol. The van der Waals surface area contributed by atoms with Crippen LogP contribution in [0.1, 0.15) is 12.8 Å². The maximum Gasteiger partial charge on any atom is 0.127 e. The van der Waals surface area contributed by atoms with E-state index in [1.807, 2.05) is 24.3 Å². The number of nitrogens with one attached hydrogen (secondary N) is 2. The summed E-state index contributed by atoms with van der Waals surface area (Å²) in [5.74, 6) is 0. The molecule has 4 heteroatoms. The minimum atomic E-state index is -0.448. The fourth-order valence-electron chi connectivity index (χ4n) is 1.96. The third kappa shape index (κ3) is 2.46. The number of nitrogens with zero attached hydrogens (tertiary/aromatic N) is 1. The summed E-state index contributed by atoms with van der Waals surface area (Å²) in [7, 11) is 0. The molecule has 1 fully saturated rings. The van der Waals surface area contributed by atoms with E-state index in [1.54, 1.807) is 0 Å². The fourth-order valence-corrected chi connectivity index (χ4v) is 2.15. The second kappa shape index (κ2) is 4.73. The molecule has 0 amide bonds. The molecule has 1 aromatic rings. The molecule has 0 atom stereocenters. The molecule has 1 heterocycles. The van der Waals surface area contributed by atoms with Crippen LogP contribution in [0, 0.1) is 11.3 Å². The lowest BCUT2D eigenvalue weighted by atomic mass is 9.89. The van der Waals surface area contributed by atoms with E-state index in [0.717, 1.165) is 31.6 Å². The summed E-state index contributed by atoms with van der Waals surface area (Å²) in [5, 5.41) is 16.5. The lowest BCUT2D eigenvalue weighted by Gasteiger charge is -2.33. The molecule has 16 heavy (non-hydrogen) atoms. The molecule has 0 spiro atoms. The van der Waals surface area contributed by atoms with Crippen LogP contribution in [0.3, 0.4) is 0 Å². The highest BCUT2D eigenvalue weighted by Crippen LogP contribution is 2.25. The molecule has 84 valence electrons.